The van der Waals surface area contributed by atoms with Gasteiger partial charge in [0, 0.05) is 66.1 Å². The maximum Gasteiger partial charge on any atom is 0.188 e. The molecular formula is C72H43N7. The Morgan fingerprint density at radius 2 is 0.759 bits per heavy atom. The zero-order valence-electron chi connectivity index (χ0n) is 42.5. The average Bonchev–Trinajstić information content (AvgIpc) is 4.26. The summed E-state index contributed by atoms with van der Waals surface area (Å²) in [6.07, 6.45) is 0. The Hall–Kier alpha value is -11.1. The van der Waals surface area contributed by atoms with Gasteiger partial charge in [0.1, 0.15) is 0 Å². The van der Waals surface area contributed by atoms with Crippen molar-refractivity contribution in [3.63, 3.8) is 0 Å². The highest BCUT2D eigenvalue weighted by Crippen LogP contribution is 2.46. The molecule has 7 nitrogen and oxygen atoms in total. The molecule has 0 bridgehead atoms. The first-order chi connectivity index (χ1) is 39.1. The predicted molar refractivity (Wildman–Crippen MR) is 323 cm³/mol. The number of hydrogen-bond donors (Lipinski definition) is 0. The summed E-state index contributed by atoms with van der Waals surface area (Å²) in [4.78, 5) is 14.5. The van der Waals surface area contributed by atoms with E-state index in [-0.39, 0.29) is 0 Å². The van der Waals surface area contributed by atoms with Crippen LogP contribution in [-0.2, 0) is 0 Å². The highest BCUT2D eigenvalue weighted by Gasteiger charge is 2.24. The lowest BCUT2D eigenvalue weighted by Gasteiger charge is -2.22. The van der Waals surface area contributed by atoms with Crippen LogP contribution in [0.25, 0.3) is 143 Å². The number of aromatic nitrogens is 5. The Labute approximate surface area is 454 Å². The quantitative estimate of drug-likeness (QED) is 0.142. The fraction of sp³-hybridized carbons (Fsp3) is 0. The van der Waals surface area contributed by atoms with E-state index in [1.165, 1.54) is 21.5 Å². The molecule has 366 valence electrons. The maximum atomic E-state index is 10.3. The van der Waals surface area contributed by atoms with Gasteiger partial charge in [0.2, 0.25) is 0 Å². The molecule has 15 aromatic rings. The van der Waals surface area contributed by atoms with Crippen LogP contribution < -0.4 is 0 Å². The topological polar surface area (TPSA) is 68.7 Å². The molecule has 0 saturated heterocycles. The molecule has 0 aliphatic rings. The molecule has 7 heteroatoms. The van der Waals surface area contributed by atoms with Crippen LogP contribution in [0.4, 0.5) is 5.69 Å². The van der Waals surface area contributed by atoms with E-state index in [0.29, 0.717) is 17.1 Å². The Balaban J connectivity index is 1.04. The number of benzene rings is 11. The lowest BCUT2D eigenvalue weighted by Crippen LogP contribution is -2.03. The van der Waals surface area contributed by atoms with Crippen molar-refractivity contribution in [3.8, 4) is 79.3 Å². The van der Waals surface area contributed by atoms with Crippen molar-refractivity contribution in [2.45, 2.75) is 0 Å². The van der Waals surface area contributed by atoms with Crippen LogP contribution in [0, 0.1) is 17.9 Å². The van der Waals surface area contributed by atoms with Gasteiger partial charge in [-0.1, -0.05) is 164 Å². The molecule has 4 heterocycles. The molecule has 0 aliphatic heterocycles. The summed E-state index contributed by atoms with van der Waals surface area (Å²) in [6.45, 7) is 8.08. The highest BCUT2D eigenvalue weighted by atomic mass is 15.0. The minimum Gasteiger partial charge on any atom is -0.309 e. The fourth-order valence-electron chi connectivity index (χ4n) is 11.9. The second kappa shape index (κ2) is 18.3. The van der Waals surface area contributed by atoms with E-state index in [0.717, 1.165) is 111 Å². The number of nitrogens with zero attached hydrogens (tertiary/aromatic N) is 7. The van der Waals surface area contributed by atoms with Crippen LogP contribution in [0.3, 0.4) is 0 Å². The first kappa shape index (κ1) is 45.3. The first-order valence-electron chi connectivity index (χ1n) is 26.3. The van der Waals surface area contributed by atoms with Gasteiger partial charge in [-0.2, -0.15) is 5.26 Å². The molecule has 0 aliphatic carbocycles. The van der Waals surface area contributed by atoms with Gasteiger partial charge in [-0.15, -0.1) is 0 Å². The van der Waals surface area contributed by atoms with Crippen LogP contribution in [0.15, 0.2) is 261 Å². The van der Waals surface area contributed by atoms with Crippen LogP contribution in [0.2, 0.25) is 0 Å². The smallest absolute Gasteiger partial charge is 0.188 e. The average molecular weight is 1010 g/mol. The Morgan fingerprint density at radius 1 is 0.342 bits per heavy atom. The van der Waals surface area contributed by atoms with Crippen molar-refractivity contribution < 1.29 is 0 Å². The normalized spacial score (nSPS) is 11.5. The maximum absolute atomic E-state index is 10.3. The van der Waals surface area contributed by atoms with E-state index in [1.54, 1.807) is 0 Å². The van der Waals surface area contributed by atoms with Gasteiger partial charge >= 0.3 is 0 Å². The van der Waals surface area contributed by atoms with Crippen LogP contribution >= 0.6 is 0 Å². The summed E-state index contributed by atoms with van der Waals surface area (Å²) in [5.74, 6) is 0.626. The van der Waals surface area contributed by atoms with Crippen molar-refractivity contribution in [2.75, 3.05) is 0 Å². The van der Waals surface area contributed by atoms with Gasteiger partial charge in [0.05, 0.1) is 68.4 Å². The van der Waals surface area contributed by atoms with Gasteiger partial charge in [-0.05, 0) is 114 Å². The van der Waals surface area contributed by atoms with E-state index in [1.807, 2.05) is 66.7 Å². The largest absolute Gasteiger partial charge is 0.309 e. The highest BCUT2D eigenvalue weighted by molar-refractivity contribution is 6.13. The molecule has 79 heavy (non-hydrogen) atoms. The number of para-hydroxylation sites is 4. The van der Waals surface area contributed by atoms with Crippen LogP contribution in [-0.4, -0.2) is 23.7 Å². The monoisotopic (exact) mass is 1010 g/mol. The summed E-state index contributed by atoms with van der Waals surface area (Å²) in [7, 11) is 0. The minimum atomic E-state index is 0.526. The molecule has 0 radical (unpaired) electrons. The molecule has 0 amide bonds. The lowest BCUT2D eigenvalue weighted by molar-refractivity contribution is 1.16. The van der Waals surface area contributed by atoms with E-state index in [4.69, 9.17) is 16.5 Å². The van der Waals surface area contributed by atoms with Gasteiger partial charge < -0.3 is 13.7 Å². The molecule has 0 fully saturated rings. The van der Waals surface area contributed by atoms with Crippen molar-refractivity contribution in [2.24, 2.45) is 0 Å². The summed E-state index contributed by atoms with van der Waals surface area (Å²) < 4.78 is 7.03. The van der Waals surface area contributed by atoms with Crippen LogP contribution in [0.5, 0.6) is 0 Å². The van der Waals surface area contributed by atoms with Gasteiger partial charge in [0.15, 0.2) is 11.5 Å². The van der Waals surface area contributed by atoms with E-state index in [9.17, 15) is 5.26 Å². The molecule has 0 N–H and O–H groups in total. The molecule has 15 rings (SSSR count). The third-order valence-corrected chi connectivity index (χ3v) is 15.5. The SMILES string of the molecule is [C-]#[N+]c1ccc2c(c1)c1cc(C#N)ccc1n2-c1c(-c2ccc(-n3c4ccccc4c4ccccc43)cc2)cc(-c2cc(-c3ccccc3)nc(-c3ccccc3)n2)cc1-c1ccc(-n2c3ccccc3c3ccccc32)cc1. The van der Waals surface area contributed by atoms with Crippen LogP contribution in [0.1, 0.15) is 5.56 Å². The molecule has 0 atom stereocenters. The Morgan fingerprint density at radius 3 is 1.24 bits per heavy atom. The summed E-state index contributed by atoms with van der Waals surface area (Å²) in [6, 6.07) is 93.6. The van der Waals surface area contributed by atoms with Gasteiger partial charge in [-0.3, -0.25) is 0 Å². The third kappa shape index (κ3) is 7.41. The number of hydrogen-bond acceptors (Lipinski definition) is 3. The van der Waals surface area contributed by atoms with Gasteiger partial charge in [0.25, 0.3) is 0 Å². The summed E-state index contributed by atoms with van der Waals surface area (Å²) in [5, 5.41) is 16.9. The molecule has 4 aromatic heterocycles. The third-order valence-electron chi connectivity index (χ3n) is 15.5. The minimum absolute atomic E-state index is 0.526. The van der Waals surface area contributed by atoms with E-state index < -0.39 is 0 Å². The lowest BCUT2D eigenvalue weighted by atomic mass is 9.91. The van der Waals surface area contributed by atoms with Crippen molar-refractivity contribution in [1.82, 2.24) is 23.7 Å². The van der Waals surface area contributed by atoms with E-state index in [2.05, 4.69) is 219 Å². The molecule has 11 aromatic carbocycles. The summed E-state index contributed by atoms with van der Waals surface area (Å²) in [5.41, 5.74) is 18.8. The van der Waals surface area contributed by atoms with Crippen molar-refractivity contribution in [3.05, 3.63) is 278 Å². The fourth-order valence-corrected chi connectivity index (χ4v) is 11.9. The first-order valence-corrected chi connectivity index (χ1v) is 26.3. The zero-order chi connectivity index (χ0) is 52.6. The molecule has 0 spiro atoms. The Bertz CT molecular complexity index is 4600. The van der Waals surface area contributed by atoms with Crippen molar-refractivity contribution >= 4 is 71.1 Å². The predicted octanol–water partition coefficient (Wildman–Crippen LogP) is 18.5. The Kier molecular flexibility index (Phi) is 10.5. The summed E-state index contributed by atoms with van der Waals surface area (Å²) >= 11 is 0. The number of nitriles is 1. The van der Waals surface area contributed by atoms with Crippen molar-refractivity contribution in [1.29, 1.82) is 5.26 Å². The number of rotatable bonds is 8. The van der Waals surface area contributed by atoms with Gasteiger partial charge in [-0.25, -0.2) is 14.8 Å². The number of fused-ring (bicyclic) bond motifs is 9. The second-order valence-electron chi connectivity index (χ2n) is 19.9. The molecule has 0 saturated carbocycles. The zero-order valence-corrected chi connectivity index (χ0v) is 42.5. The molecule has 0 unspecified atom stereocenters. The molecular weight excluding hydrogens is 963 g/mol. The van der Waals surface area contributed by atoms with E-state index >= 15 is 0 Å². The second-order valence-corrected chi connectivity index (χ2v) is 19.9. The standard InChI is InChI=1S/C72H43N7/c1-74-52-33-39-70-62(43-52)61-40-46(45-73)28-38-69(61)79(70)71-59(47-29-34-53(35-30-47)77-65-24-12-8-20-55(65)56-21-9-13-25-66(56)77)41-51(64-44-63(49-16-4-2-5-17-49)75-72(76-64)50-18-6-3-7-19-50)42-60(71)48-31-36-54(37-32-48)78-67-26-14-10-22-57(67)58-23-11-15-27-68(58)78/h2-44H.